The second-order valence-corrected chi connectivity index (χ2v) is 8.51. The van der Waals surface area contributed by atoms with E-state index in [2.05, 4.69) is 65.3 Å². The van der Waals surface area contributed by atoms with Crippen molar-refractivity contribution in [3.63, 3.8) is 0 Å². The van der Waals surface area contributed by atoms with Crippen LogP contribution in [0, 0.1) is 5.82 Å². The van der Waals surface area contributed by atoms with Gasteiger partial charge >= 0.3 is 0 Å². The number of hydrogen-bond acceptors (Lipinski definition) is 5. The SMILES string of the molecule is C=CC1CN(C)CCN1c1nc(SC)nc2c(F)c(Br)c(Cl)c(Br)c12. The molecule has 1 aliphatic heterocycles. The third-order valence-corrected chi connectivity index (χ3v) is 7.14. The highest BCUT2D eigenvalue weighted by atomic mass is 79.9. The van der Waals surface area contributed by atoms with Crippen LogP contribution in [0.2, 0.25) is 5.02 Å². The zero-order chi connectivity index (χ0) is 18.3. The molecule has 1 unspecified atom stereocenters. The molecule has 0 amide bonds. The molecule has 9 heteroatoms. The Balaban J connectivity index is 2.32. The Bertz CT molecular complexity index is 851. The maximum absolute atomic E-state index is 14.8. The average Bonchev–Trinajstić information content (AvgIpc) is 2.63. The normalized spacial score (nSPS) is 18.8. The number of thioether (sulfide) groups is 1. The zero-order valence-electron chi connectivity index (χ0n) is 13.7. The second-order valence-electron chi connectivity index (χ2n) is 5.77. The highest BCUT2D eigenvalue weighted by molar-refractivity contribution is 9.11. The Morgan fingerprint density at radius 3 is 2.68 bits per heavy atom. The summed E-state index contributed by atoms with van der Waals surface area (Å²) in [5, 5.41) is 1.38. The molecule has 0 N–H and O–H groups in total. The molecule has 1 aromatic heterocycles. The summed E-state index contributed by atoms with van der Waals surface area (Å²) in [4.78, 5) is 13.4. The number of halogens is 4. The summed E-state index contributed by atoms with van der Waals surface area (Å²) < 4.78 is 15.6. The van der Waals surface area contributed by atoms with Gasteiger partial charge in [-0.05, 0) is 45.2 Å². The Labute approximate surface area is 172 Å². The van der Waals surface area contributed by atoms with Crippen LogP contribution < -0.4 is 4.90 Å². The summed E-state index contributed by atoms with van der Waals surface area (Å²) in [6.45, 7) is 6.42. The Morgan fingerprint density at radius 1 is 1.32 bits per heavy atom. The molecule has 0 aliphatic carbocycles. The molecule has 1 atom stereocenters. The van der Waals surface area contributed by atoms with Crippen molar-refractivity contribution in [2.24, 2.45) is 0 Å². The highest BCUT2D eigenvalue weighted by Gasteiger charge is 2.29. The summed E-state index contributed by atoms with van der Waals surface area (Å²) in [5.74, 6) is 0.193. The Hall–Kier alpha value is -0.410. The van der Waals surface area contributed by atoms with Gasteiger partial charge in [0.1, 0.15) is 11.3 Å². The fourth-order valence-electron chi connectivity index (χ4n) is 2.91. The first-order valence-corrected chi connectivity index (χ1v) is 10.7. The lowest BCUT2D eigenvalue weighted by Gasteiger charge is -2.40. The van der Waals surface area contributed by atoms with E-state index in [-0.39, 0.29) is 21.1 Å². The van der Waals surface area contributed by atoms with Crippen LogP contribution in [0.3, 0.4) is 0 Å². The van der Waals surface area contributed by atoms with E-state index in [1.807, 2.05) is 12.3 Å². The van der Waals surface area contributed by atoms with E-state index in [0.717, 1.165) is 19.6 Å². The van der Waals surface area contributed by atoms with Crippen molar-refractivity contribution in [2.45, 2.75) is 11.2 Å². The van der Waals surface area contributed by atoms with Gasteiger partial charge in [0.05, 0.1) is 25.4 Å². The van der Waals surface area contributed by atoms with Crippen LogP contribution in [-0.4, -0.2) is 53.8 Å². The first-order chi connectivity index (χ1) is 11.9. The maximum Gasteiger partial charge on any atom is 0.189 e. The predicted octanol–water partition coefficient (Wildman–Crippen LogP) is 4.98. The van der Waals surface area contributed by atoms with Crippen LogP contribution in [0.15, 0.2) is 26.8 Å². The van der Waals surface area contributed by atoms with E-state index >= 15 is 0 Å². The third-order valence-electron chi connectivity index (χ3n) is 4.22. The minimum atomic E-state index is -0.480. The lowest BCUT2D eigenvalue weighted by Crippen LogP contribution is -2.51. The molecular formula is C16H16Br2ClFN4S. The minimum absolute atomic E-state index is 0.0731. The zero-order valence-corrected chi connectivity index (χ0v) is 18.4. The van der Waals surface area contributed by atoms with Gasteiger partial charge in [0.15, 0.2) is 11.0 Å². The van der Waals surface area contributed by atoms with Crippen LogP contribution >= 0.6 is 55.2 Å². The second kappa shape index (κ2) is 7.68. The van der Waals surface area contributed by atoms with E-state index in [4.69, 9.17) is 11.6 Å². The number of nitrogens with zero attached hydrogens (tertiary/aromatic N) is 4. The number of piperazine rings is 1. The first-order valence-electron chi connectivity index (χ1n) is 7.54. The summed E-state index contributed by atoms with van der Waals surface area (Å²) in [7, 11) is 2.07. The average molecular weight is 511 g/mol. The molecule has 25 heavy (non-hydrogen) atoms. The molecule has 1 fully saturated rings. The van der Waals surface area contributed by atoms with E-state index < -0.39 is 5.82 Å². The molecule has 0 saturated carbocycles. The van der Waals surface area contributed by atoms with Gasteiger partial charge in [-0.1, -0.05) is 29.4 Å². The van der Waals surface area contributed by atoms with Crippen LogP contribution in [0.1, 0.15) is 0 Å². The van der Waals surface area contributed by atoms with E-state index in [9.17, 15) is 4.39 Å². The molecular weight excluding hydrogens is 495 g/mol. The van der Waals surface area contributed by atoms with Crippen molar-refractivity contribution in [1.29, 1.82) is 0 Å². The van der Waals surface area contributed by atoms with E-state index in [1.54, 1.807) is 0 Å². The summed E-state index contributed by atoms with van der Waals surface area (Å²) in [5.41, 5.74) is 0.249. The van der Waals surface area contributed by atoms with Gasteiger partial charge in [0, 0.05) is 19.6 Å². The molecule has 1 aromatic carbocycles. The smallest absolute Gasteiger partial charge is 0.189 e. The van der Waals surface area contributed by atoms with E-state index in [1.165, 1.54) is 11.8 Å². The van der Waals surface area contributed by atoms with Crippen LogP contribution in [0.4, 0.5) is 10.2 Å². The molecule has 1 aliphatic rings. The number of fused-ring (bicyclic) bond motifs is 1. The fraction of sp³-hybridized carbons (Fsp3) is 0.375. The topological polar surface area (TPSA) is 32.3 Å². The number of likely N-dealkylation sites (N-methyl/N-ethyl adjacent to an activating group) is 1. The van der Waals surface area contributed by atoms with Crippen molar-refractivity contribution in [3.05, 3.63) is 32.4 Å². The molecule has 1 saturated heterocycles. The van der Waals surface area contributed by atoms with Crippen molar-refractivity contribution in [2.75, 3.05) is 37.8 Å². The molecule has 134 valence electrons. The number of aromatic nitrogens is 2. The maximum atomic E-state index is 14.8. The lowest BCUT2D eigenvalue weighted by molar-refractivity contribution is 0.286. The van der Waals surface area contributed by atoms with Gasteiger partial charge < -0.3 is 9.80 Å². The molecule has 0 bridgehead atoms. The molecule has 2 heterocycles. The van der Waals surface area contributed by atoms with Crippen molar-refractivity contribution >= 4 is 71.9 Å². The lowest BCUT2D eigenvalue weighted by atomic mass is 10.1. The van der Waals surface area contributed by atoms with Crippen LogP contribution in [-0.2, 0) is 0 Å². The number of anilines is 1. The summed E-state index contributed by atoms with van der Waals surface area (Å²) >= 11 is 14.4. The van der Waals surface area contributed by atoms with E-state index in [0.29, 0.717) is 20.8 Å². The van der Waals surface area contributed by atoms with Gasteiger partial charge in [-0.3, -0.25) is 0 Å². The molecule has 0 radical (unpaired) electrons. The van der Waals surface area contributed by atoms with Gasteiger partial charge in [-0.25, -0.2) is 14.4 Å². The first kappa shape index (κ1) is 19.4. The largest absolute Gasteiger partial charge is 0.347 e. The third kappa shape index (κ3) is 3.43. The van der Waals surface area contributed by atoms with Gasteiger partial charge in [0.25, 0.3) is 0 Å². The van der Waals surface area contributed by atoms with Crippen LogP contribution in [0.25, 0.3) is 10.9 Å². The number of benzene rings is 1. The highest BCUT2D eigenvalue weighted by Crippen LogP contribution is 2.43. The minimum Gasteiger partial charge on any atom is -0.347 e. The number of rotatable bonds is 3. The molecule has 3 rings (SSSR count). The van der Waals surface area contributed by atoms with Crippen molar-refractivity contribution < 1.29 is 4.39 Å². The summed E-state index contributed by atoms with van der Waals surface area (Å²) in [6.07, 6.45) is 3.77. The monoisotopic (exact) mass is 508 g/mol. The number of hydrogen-bond donors (Lipinski definition) is 0. The fourth-order valence-corrected chi connectivity index (χ4v) is 4.67. The van der Waals surface area contributed by atoms with Gasteiger partial charge in [-0.15, -0.1) is 6.58 Å². The van der Waals surface area contributed by atoms with Gasteiger partial charge in [0.2, 0.25) is 0 Å². The predicted molar refractivity (Wildman–Crippen MR) is 111 cm³/mol. The van der Waals surface area contributed by atoms with Crippen LogP contribution in [0.5, 0.6) is 0 Å². The van der Waals surface area contributed by atoms with Crippen molar-refractivity contribution in [1.82, 2.24) is 14.9 Å². The molecule has 2 aromatic rings. The quantitative estimate of drug-likeness (QED) is 0.191. The molecule has 4 nitrogen and oxygen atoms in total. The Morgan fingerprint density at radius 2 is 2.04 bits per heavy atom. The van der Waals surface area contributed by atoms with Crippen molar-refractivity contribution in [3.8, 4) is 0 Å². The molecule has 0 spiro atoms. The Kier molecular flexibility index (Phi) is 5.95. The van der Waals surface area contributed by atoms with Gasteiger partial charge in [-0.2, -0.15) is 0 Å². The summed E-state index contributed by atoms with van der Waals surface area (Å²) in [6, 6.07) is 0.0731. The standard InChI is InChI=1S/C16H16Br2ClFN4S/c1-4-8-7-23(2)5-6-24(8)15-9-10(17)12(19)11(18)13(20)14(9)21-16(22-15)25-3/h4,8H,1,5-7H2,2-3H3.